The highest BCUT2D eigenvalue weighted by Gasteiger charge is 2.22. The molecule has 0 bridgehead atoms. The summed E-state index contributed by atoms with van der Waals surface area (Å²) in [6.45, 7) is 8.21. The Kier molecular flexibility index (Phi) is 13.5. The van der Waals surface area contributed by atoms with Crippen molar-refractivity contribution in [3.8, 4) is 0 Å². The van der Waals surface area contributed by atoms with Gasteiger partial charge in [-0.15, -0.1) is 0 Å². The Bertz CT molecular complexity index is 716. The monoisotopic (exact) mass is 446 g/mol. The van der Waals surface area contributed by atoms with Crippen LogP contribution in [0.2, 0.25) is 0 Å². The SMILES string of the molecule is C=C(C=O)CO.C=C(CO)C(=O)OCC(CO)c1ccc(C2CCC(CCC)CC2)cc1. The Morgan fingerprint density at radius 1 is 1.09 bits per heavy atom. The van der Waals surface area contributed by atoms with E-state index in [0.29, 0.717) is 12.2 Å². The molecule has 0 heterocycles. The molecule has 0 spiro atoms. The summed E-state index contributed by atoms with van der Waals surface area (Å²) in [7, 11) is 0. The minimum atomic E-state index is -0.619. The smallest absolute Gasteiger partial charge is 0.335 e. The largest absolute Gasteiger partial charge is 0.462 e. The van der Waals surface area contributed by atoms with Gasteiger partial charge in [0.15, 0.2) is 0 Å². The number of hydrogen-bond donors (Lipinski definition) is 3. The second kappa shape index (κ2) is 15.5. The zero-order chi connectivity index (χ0) is 23.9. The molecule has 0 amide bonds. The summed E-state index contributed by atoms with van der Waals surface area (Å²) in [4.78, 5) is 21.1. The third kappa shape index (κ3) is 9.47. The van der Waals surface area contributed by atoms with Gasteiger partial charge in [-0.05, 0) is 48.6 Å². The molecule has 2 rings (SSSR count). The van der Waals surface area contributed by atoms with E-state index in [0.717, 1.165) is 11.5 Å². The molecule has 1 unspecified atom stereocenters. The summed E-state index contributed by atoms with van der Waals surface area (Å²) < 4.78 is 5.12. The van der Waals surface area contributed by atoms with Gasteiger partial charge in [0.05, 0.1) is 25.4 Å². The topological polar surface area (TPSA) is 104 Å². The van der Waals surface area contributed by atoms with Crippen LogP contribution in [0.5, 0.6) is 0 Å². The summed E-state index contributed by atoms with van der Waals surface area (Å²) in [6.07, 6.45) is 8.32. The molecular formula is C26H38O6. The first kappa shape index (κ1) is 27.8. The molecular weight excluding hydrogens is 408 g/mol. The maximum absolute atomic E-state index is 11.6. The molecule has 178 valence electrons. The van der Waals surface area contributed by atoms with Crippen LogP contribution in [0.25, 0.3) is 0 Å². The van der Waals surface area contributed by atoms with E-state index < -0.39 is 12.6 Å². The summed E-state index contributed by atoms with van der Waals surface area (Å²) in [5.41, 5.74) is 2.56. The molecule has 1 aromatic carbocycles. The van der Waals surface area contributed by atoms with E-state index in [4.69, 9.17) is 14.9 Å². The number of rotatable bonds is 11. The van der Waals surface area contributed by atoms with Crippen LogP contribution >= 0.6 is 0 Å². The number of benzene rings is 1. The first-order chi connectivity index (χ1) is 15.4. The number of ether oxygens (including phenoxy) is 1. The lowest BCUT2D eigenvalue weighted by Crippen LogP contribution is -2.18. The van der Waals surface area contributed by atoms with Crippen LogP contribution in [0.15, 0.2) is 48.6 Å². The van der Waals surface area contributed by atoms with E-state index in [9.17, 15) is 14.7 Å². The van der Waals surface area contributed by atoms with Gasteiger partial charge < -0.3 is 20.1 Å². The van der Waals surface area contributed by atoms with Crippen molar-refractivity contribution in [1.29, 1.82) is 0 Å². The first-order valence-corrected chi connectivity index (χ1v) is 11.3. The highest BCUT2D eigenvalue weighted by molar-refractivity contribution is 5.87. The van der Waals surface area contributed by atoms with E-state index in [1.165, 1.54) is 44.1 Å². The normalized spacial score (nSPS) is 18.6. The van der Waals surface area contributed by atoms with Gasteiger partial charge in [-0.25, -0.2) is 4.79 Å². The van der Waals surface area contributed by atoms with Gasteiger partial charge in [0.1, 0.15) is 12.9 Å². The Hall–Kier alpha value is -2.28. The van der Waals surface area contributed by atoms with E-state index >= 15 is 0 Å². The fourth-order valence-corrected chi connectivity index (χ4v) is 3.87. The zero-order valence-corrected chi connectivity index (χ0v) is 19.2. The lowest BCUT2D eigenvalue weighted by Gasteiger charge is -2.29. The van der Waals surface area contributed by atoms with Gasteiger partial charge in [-0.3, -0.25) is 4.79 Å². The second-order valence-corrected chi connectivity index (χ2v) is 8.35. The minimum Gasteiger partial charge on any atom is -0.462 e. The van der Waals surface area contributed by atoms with Crippen molar-refractivity contribution < 1.29 is 29.6 Å². The van der Waals surface area contributed by atoms with Crippen molar-refractivity contribution in [3.05, 3.63) is 59.7 Å². The van der Waals surface area contributed by atoms with Crippen LogP contribution in [-0.2, 0) is 14.3 Å². The number of aliphatic hydroxyl groups is 3. The maximum atomic E-state index is 11.6. The van der Waals surface area contributed by atoms with Crippen molar-refractivity contribution in [1.82, 2.24) is 0 Å². The summed E-state index contributed by atoms with van der Waals surface area (Å²) in [5.74, 6) is 0.652. The maximum Gasteiger partial charge on any atom is 0.335 e. The van der Waals surface area contributed by atoms with E-state index in [2.05, 4.69) is 32.2 Å². The van der Waals surface area contributed by atoms with Gasteiger partial charge in [0, 0.05) is 11.5 Å². The van der Waals surface area contributed by atoms with Gasteiger partial charge >= 0.3 is 5.97 Å². The summed E-state index contributed by atoms with van der Waals surface area (Å²) >= 11 is 0. The van der Waals surface area contributed by atoms with Gasteiger partial charge in [0.25, 0.3) is 0 Å². The van der Waals surface area contributed by atoms with Crippen molar-refractivity contribution in [3.63, 3.8) is 0 Å². The number of carbonyl (C=O) groups is 2. The average molecular weight is 447 g/mol. The molecule has 6 heteroatoms. The third-order valence-corrected chi connectivity index (χ3v) is 5.91. The number of carbonyl (C=O) groups excluding carboxylic acids is 2. The molecule has 1 aliphatic carbocycles. The Balaban J connectivity index is 0.000000751. The van der Waals surface area contributed by atoms with Crippen molar-refractivity contribution in [2.45, 2.75) is 57.3 Å². The molecule has 32 heavy (non-hydrogen) atoms. The number of esters is 1. The minimum absolute atomic E-state index is 0.0238. The molecule has 0 radical (unpaired) electrons. The predicted molar refractivity (Wildman–Crippen MR) is 125 cm³/mol. The summed E-state index contributed by atoms with van der Waals surface area (Å²) in [5, 5.41) is 26.5. The fourth-order valence-electron chi connectivity index (χ4n) is 3.87. The van der Waals surface area contributed by atoms with Gasteiger partial charge in [-0.1, -0.05) is 57.2 Å². The molecule has 1 saturated carbocycles. The molecule has 0 aliphatic heterocycles. The zero-order valence-electron chi connectivity index (χ0n) is 19.2. The van der Waals surface area contributed by atoms with E-state index in [1.807, 2.05) is 12.1 Å². The second-order valence-electron chi connectivity index (χ2n) is 8.35. The highest BCUT2D eigenvalue weighted by Crippen LogP contribution is 2.37. The van der Waals surface area contributed by atoms with E-state index in [-0.39, 0.29) is 36.9 Å². The van der Waals surface area contributed by atoms with Crippen LogP contribution in [-0.4, -0.2) is 54.0 Å². The van der Waals surface area contributed by atoms with Gasteiger partial charge in [-0.2, -0.15) is 0 Å². The third-order valence-electron chi connectivity index (χ3n) is 5.91. The Morgan fingerprint density at radius 2 is 1.72 bits per heavy atom. The highest BCUT2D eigenvalue weighted by atomic mass is 16.5. The molecule has 0 aromatic heterocycles. The summed E-state index contributed by atoms with van der Waals surface area (Å²) in [6, 6.07) is 8.36. The molecule has 1 fully saturated rings. The first-order valence-electron chi connectivity index (χ1n) is 11.3. The molecule has 6 nitrogen and oxygen atoms in total. The molecule has 1 atom stereocenters. The molecule has 1 aromatic rings. The van der Waals surface area contributed by atoms with Crippen LogP contribution in [0, 0.1) is 5.92 Å². The van der Waals surface area contributed by atoms with Crippen LogP contribution in [0.1, 0.15) is 68.4 Å². The number of aldehydes is 1. The van der Waals surface area contributed by atoms with Crippen molar-refractivity contribution in [2.24, 2.45) is 5.92 Å². The standard InChI is InChI=1S/C22H32O4.C4H6O2/c1-3-4-17-5-7-18(8-6-17)19-9-11-20(12-10-19)21(14-24)15-26-22(25)16(2)13-23;1-4(2-5)3-6/h9-12,17-18,21,23-24H,2-8,13-15H2,1H3;2,6H,1,3H2. The van der Waals surface area contributed by atoms with Crippen molar-refractivity contribution in [2.75, 3.05) is 26.4 Å². The fraction of sp³-hybridized carbons (Fsp3) is 0.538. The Labute approximate surface area is 191 Å². The molecule has 3 N–H and O–H groups in total. The van der Waals surface area contributed by atoms with Crippen molar-refractivity contribution >= 4 is 12.3 Å². The lowest BCUT2D eigenvalue weighted by atomic mass is 9.77. The van der Waals surface area contributed by atoms with Crippen LogP contribution in [0.4, 0.5) is 0 Å². The van der Waals surface area contributed by atoms with Crippen LogP contribution in [0.3, 0.4) is 0 Å². The average Bonchev–Trinajstić information content (AvgIpc) is 2.84. The number of hydrogen-bond acceptors (Lipinski definition) is 6. The number of aliphatic hydroxyl groups excluding tert-OH is 3. The quantitative estimate of drug-likeness (QED) is 0.272. The predicted octanol–water partition coefficient (Wildman–Crippen LogP) is 3.66. The lowest BCUT2D eigenvalue weighted by molar-refractivity contribution is -0.140. The molecule has 0 saturated heterocycles. The molecule has 1 aliphatic rings. The van der Waals surface area contributed by atoms with Gasteiger partial charge in [0.2, 0.25) is 0 Å². The Morgan fingerprint density at radius 3 is 2.16 bits per heavy atom. The van der Waals surface area contributed by atoms with E-state index in [1.54, 1.807) is 0 Å². The van der Waals surface area contributed by atoms with Crippen LogP contribution < -0.4 is 0 Å².